The first kappa shape index (κ1) is 31.4. The lowest BCUT2D eigenvalue weighted by Crippen LogP contribution is -2.45. The minimum absolute atomic E-state index is 0.183. The zero-order chi connectivity index (χ0) is 33.9. The van der Waals surface area contributed by atoms with Crippen molar-refractivity contribution in [3.8, 4) is 39.6 Å². The molecule has 1 saturated heterocycles. The fourth-order valence-corrected chi connectivity index (χ4v) is 6.10. The van der Waals surface area contributed by atoms with Crippen molar-refractivity contribution in [1.29, 1.82) is 0 Å². The maximum absolute atomic E-state index is 14.2. The average molecular weight is 659 g/mol. The summed E-state index contributed by atoms with van der Waals surface area (Å²) in [7, 11) is 1.54. The summed E-state index contributed by atoms with van der Waals surface area (Å²) in [6, 6.07) is 23.2. The second-order valence-corrected chi connectivity index (χ2v) is 11.9. The summed E-state index contributed by atoms with van der Waals surface area (Å²) in [5.74, 6) is 0.599. The average Bonchev–Trinajstić information content (AvgIpc) is 3.72. The maximum Gasteiger partial charge on any atom is 0.258 e. The van der Waals surface area contributed by atoms with Crippen LogP contribution in [0.5, 0.6) is 17.2 Å². The fourth-order valence-electron chi connectivity index (χ4n) is 6.10. The second kappa shape index (κ2) is 13.5. The Morgan fingerprint density at radius 3 is 2.55 bits per heavy atom. The van der Waals surface area contributed by atoms with Crippen molar-refractivity contribution in [1.82, 2.24) is 30.7 Å². The number of rotatable bonds is 3. The fraction of sp³-hybridized carbons (Fsp3) is 0.216. The van der Waals surface area contributed by atoms with Gasteiger partial charge in [-0.15, -0.1) is 0 Å². The van der Waals surface area contributed by atoms with Crippen LogP contribution in [-0.2, 0) is 11.3 Å². The molecule has 0 unspecified atom stereocenters. The topological polar surface area (TPSA) is 148 Å². The zero-order valence-corrected chi connectivity index (χ0v) is 26.9. The van der Waals surface area contributed by atoms with Gasteiger partial charge in [0.2, 0.25) is 0 Å². The lowest BCUT2D eigenvalue weighted by molar-refractivity contribution is -0.123. The first-order valence-electron chi connectivity index (χ1n) is 15.9. The molecule has 5 heterocycles. The molecule has 2 atom stereocenters. The van der Waals surface area contributed by atoms with E-state index < -0.39 is 12.1 Å². The quantitative estimate of drug-likeness (QED) is 0.262. The van der Waals surface area contributed by atoms with Gasteiger partial charge in [-0.25, -0.2) is 0 Å². The van der Waals surface area contributed by atoms with Crippen LogP contribution >= 0.6 is 0 Å². The van der Waals surface area contributed by atoms with Gasteiger partial charge < -0.3 is 29.7 Å². The minimum atomic E-state index is -0.605. The Balaban J connectivity index is 1.23. The van der Waals surface area contributed by atoms with E-state index in [1.165, 1.54) is 13.3 Å². The van der Waals surface area contributed by atoms with Crippen LogP contribution in [0.2, 0.25) is 0 Å². The molecule has 3 aromatic carbocycles. The van der Waals surface area contributed by atoms with E-state index in [1.807, 2.05) is 49.4 Å². The maximum atomic E-state index is 14.2. The van der Waals surface area contributed by atoms with Gasteiger partial charge in [-0.3, -0.25) is 24.5 Å². The molecule has 6 bridgehead atoms. The van der Waals surface area contributed by atoms with Crippen LogP contribution in [0.3, 0.4) is 0 Å². The van der Waals surface area contributed by atoms with Crippen molar-refractivity contribution in [2.75, 3.05) is 26.8 Å². The number of carbonyl (C=O) groups excluding carboxylic acids is 3. The van der Waals surface area contributed by atoms with E-state index in [-0.39, 0.29) is 44.0 Å². The van der Waals surface area contributed by atoms with Crippen LogP contribution in [0.4, 0.5) is 0 Å². The van der Waals surface area contributed by atoms with Gasteiger partial charge in [0.25, 0.3) is 17.7 Å². The Morgan fingerprint density at radius 1 is 0.898 bits per heavy atom. The van der Waals surface area contributed by atoms with Gasteiger partial charge >= 0.3 is 0 Å². The number of methoxy groups -OCH3 is 1. The van der Waals surface area contributed by atoms with Crippen molar-refractivity contribution in [3.05, 3.63) is 114 Å². The van der Waals surface area contributed by atoms with Crippen molar-refractivity contribution < 1.29 is 28.6 Å². The van der Waals surface area contributed by atoms with Gasteiger partial charge in [-0.1, -0.05) is 42.5 Å². The molecule has 2 aromatic heterocycles. The number of aromatic amines is 1. The van der Waals surface area contributed by atoms with Gasteiger partial charge in [0, 0.05) is 53.9 Å². The molecule has 248 valence electrons. The highest BCUT2D eigenvalue weighted by Gasteiger charge is 2.40. The number of amides is 3. The highest BCUT2D eigenvalue weighted by Crippen LogP contribution is 2.30. The Morgan fingerprint density at radius 2 is 1.71 bits per heavy atom. The molecule has 0 spiro atoms. The molecule has 3 aliphatic rings. The van der Waals surface area contributed by atoms with Crippen molar-refractivity contribution >= 4 is 17.7 Å². The summed E-state index contributed by atoms with van der Waals surface area (Å²) in [6.45, 7) is 2.24. The third-order valence-electron chi connectivity index (χ3n) is 8.64. The molecular formula is C37H34N6O6. The second-order valence-electron chi connectivity index (χ2n) is 11.9. The van der Waals surface area contributed by atoms with E-state index >= 15 is 0 Å². The van der Waals surface area contributed by atoms with Crippen molar-refractivity contribution in [2.24, 2.45) is 0 Å². The highest BCUT2D eigenvalue weighted by atomic mass is 16.5. The molecule has 12 nitrogen and oxygen atoms in total. The van der Waals surface area contributed by atoms with Crippen LogP contribution in [-0.4, -0.2) is 76.8 Å². The number of nitrogens with one attached hydrogen (secondary N) is 3. The number of ether oxygens (including phenoxy) is 3. The van der Waals surface area contributed by atoms with Gasteiger partial charge in [0.15, 0.2) is 6.61 Å². The third-order valence-corrected chi connectivity index (χ3v) is 8.64. The number of benzene rings is 3. The van der Waals surface area contributed by atoms with E-state index in [4.69, 9.17) is 14.2 Å². The molecule has 1 fully saturated rings. The summed E-state index contributed by atoms with van der Waals surface area (Å²) in [5.41, 5.74) is 5.02. The molecule has 3 N–H and O–H groups in total. The number of hydrogen-bond acceptors (Lipinski definition) is 8. The number of nitrogens with zero attached hydrogens (tertiary/aromatic N) is 3. The van der Waals surface area contributed by atoms with Crippen molar-refractivity contribution in [3.63, 3.8) is 0 Å². The van der Waals surface area contributed by atoms with Crippen LogP contribution in [0.1, 0.15) is 32.0 Å². The van der Waals surface area contributed by atoms with Gasteiger partial charge in [-0.2, -0.15) is 5.10 Å². The van der Waals surface area contributed by atoms with Gasteiger partial charge in [0.1, 0.15) is 29.0 Å². The first-order valence-corrected chi connectivity index (χ1v) is 15.9. The zero-order valence-electron chi connectivity index (χ0n) is 26.9. The number of pyridine rings is 1. The van der Waals surface area contributed by atoms with Crippen LogP contribution in [0.15, 0.2) is 91.3 Å². The molecule has 0 saturated carbocycles. The Kier molecular flexibility index (Phi) is 8.67. The molecule has 12 heteroatoms. The molecule has 8 rings (SSSR count). The Labute approximate surface area is 282 Å². The molecule has 3 aliphatic heterocycles. The minimum Gasteiger partial charge on any atom is -0.496 e. The summed E-state index contributed by atoms with van der Waals surface area (Å²) in [4.78, 5) is 46.6. The predicted octanol–water partition coefficient (Wildman–Crippen LogP) is 4.17. The molecule has 5 aromatic rings. The number of H-pyrrole nitrogens is 1. The standard InChI is InChI=1S/C37H34N6O6/c1-22-34(35(42-41-22)23-7-4-3-5-8-23)37(46)43-19-30-32(20-43)49-29-12-11-25(31(15-29)47-2)18-39-33(44)21-48-28-10-6-9-24(14-28)26-13-27(17-38-16-26)36(45)40-30/h3-17,30,32H,18-21H2,1-2H3,(H,39,44)(H,40,45)(H,41,42)/t30-,32-/m0/s1. The van der Waals surface area contributed by atoms with E-state index in [0.29, 0.717) is 45.3 Å². The van der Waals surface area contributed by atoms with Crippen LogP contribution in [0, 0.1) is 6.92 Å². The summed E-state index contributed by atoms with van der Waals surface area (Å²) >= 11 is 0. The Bertz CT molecular complexity index is 2030. The van der Waals surface area contributed by atoms with E-state index in [9.17, 15) is 14.4 Å². The molecule has 0 radical (unpaired) electrons. The monoisotopic (exact) mass is 658 g/mol. The smallest absolute Gasteiger partial charge is 0.258 e. The van der Waals surface area contributed by atoms with E-state index in [1.54, 1.807) is 47.5 Å². The third kappa shape index (κ3) is 6.66. The molecular weight excluding hydrogens is 624 g/mol. The molecule has 0 aliphatic carbocycles. The number of hydrogen-bond donors (Lipinski definition) is 3. The summed E-state index contributed by atoms with van der Waals surface area (Å²) in [6.07, 6.45) is 2.55. The number of aromatic nitrogens is 3. The van der Waals surface area contributed by atoms with E-state index in [2.05, 4.69) is 25.8 Å². The van der Waals surface area contributed by atoms with Crippen LogP contribution < -0.4 is 24.8 Å². The van der Waals surface area contributed by atoms with E-state index in [0.717, 1.165) is 16.7 Å². The Hall–Kier alpha value is -6.17. The number of likely N-dealkylation sites (tertiary alicyclic amines) is 1. The van der Waals surface area contributed by atoms with Crippen LogP contribution in [0.25, 0.3) is 22.4 Å². The number of aryl methyl sites for hydroxylation is 1. The summed E-state index contributed by atoms with van der Waals surface area (Å²) < 4.78 is 17.9. The number of carbonyl (C=O) groups is 3. The van der Waals surface area contributed by atoms with Crippen molar-refractivity contribution in [2.45, 2.75) is 25.6 Å². The number of fused-ring (bicyclic) bond motifs is 7. The largest absolute Gasteiger partial charge is 0.496 e. The first-order chi connectivity index (χ1) is 23.9. The SMILES string of the molecule is COc1cc2ccc1CNC(=O)COc1cccc(c1)-c1cncc(c1)C(=O)N[C@H]1CN(C(=O)c3c(-c4ccccc4)n[nH]c3C)C[C@@H]1O2. The lowest BCUT2D eigenvalue weighted by atomic mass is 10.1. The van der Waals surface area contributed by atoms with Gasteiger partial charge in [0.05, 0.1) is 30.8 Å². The summed E-state index contributed by atoms with van der Waals surface area (Å²) in [5, 5.41) is 13.4. The van der Waals surface area contributed by atoms with Gasteiger partial charge in [-0.05, 0) is 42.8 Å². The molecule has 3 amide bonds. The lowest BCUT2D eigenvalue weighted by Gasteiger charge is -2.22. The molecule has 49 heavy (non-hydrogen) atoms. The normalized spacial score (nSPS) is 17.6. The highest BCUT2D eigenvalue weighted by molar-refractivity contribution is 6.01. The predicted molar refractivity (Wildman–Crippen MR) is 180 cm³/mol.